The smallest absolute Gasteiger partial charge is 0.0257 e. The summed E-state index contributed by atoms with van der Waals surface area (Å²) in [6.07, 6.45) is 3.68. The number of hydrogen-bond donors (Lipinski definition) is 0. The van der Waals surface area contributed by atoms with E-state index in [0.717, 1.165) is 5.88 Å². The Morgan fingerprint density at radius 2 is 2.00 bits per heavy atom. The molecule has 1 atom stereocenters. The van der Waals surface area contributed by atoms with Gasteiger partial charge in [0.05, 0.1) is 0 Å². The molecule has 0 aliphatic heterocycles. The zero-order valence-electron chi connectivity index (χ0n) is 7.28. The summed E-state index contributed by atoms with van der Waals surface area (Å²) in [6, 6.07) is 0. The average Bonchev–Trinajstić information content (AvgIpc) is 1.91. The number of rotatable bonds is 5. The molecular weight excluding hydrogens is 144 g/mol. The van der Waals surface area contributed by atoms with Gasteiger partial charge in [-0.15, -0.1) is 11.6 Å². The monoisotopic (exact) mass is 161 g/mol. The fourth-order valence-corrected chi connectivity index (χ4v) is 1.67. The summed E-state index contributed by atoms with van der Waals surface area (Å²) in [5, 5.41) is 0. The lowest BCUT2D eigenvalue weighted by Gasteiger charge is -2.18. The Balaban J connectivity index is 3.53. The molecule has 0 aromatic carbocycles. The molecule has 10 heavy (non-hydrogen) atoms. The van der Waals surface area contributed by atoms with Gasteiger partial charge < -0.3 is 0 Å². The second-order valence-corrected chi connectivity index (χ2v) is 3.16. The largest absolute Gasteiger partial charge is 0.126 e. The summed E-state index contributed by atoms with van der Waals surface area (Å²) in [7, 11) is 0. The minimum absolute atomic E-state index is 0.654. The molecule has 0 aliphatic carbocycles. The Bertz CT molecular complexity index is 67.1. The van der Waals surface area contributed by atoms with Crippen molar-refractivity contribution in [2.75, 3.05) is 5.88 Å². The summed E-state index contributed by atoms with van der Waals surface area (Å²) in [4.78, 5) is 0. The van der Waals surface area contributed by atoms with Gasteiger partial charge in [-0.1, -0.05) is 33.6 Å². The number of hydrogen-bond acceptors (Lipinski definition) is 0. The van der Waals surface area contributed by atoms with Crippen LogP contribution in [0.15, 0.2) is 0 Å². The summed E-state index contributed by atoms with van der Waals surface area (Å²) in [6.45, 7) is 6.64. The van der Waals surface area contributed by atoms with Gasteiger partial charge in [0.1, 0.15) is 0 Å². The van der Waals surface area contributed by atoms with Crippen LogP contribution in [0.1, 0.15) is 40.0 Å². The fraction of sp³-hybridized carbons (Fsp3) is 0.889. The average molecular weight is 162 g/mol. The third-order valence-corrected chi connectivity index (χ3v) is 2.39. The predicted molar refractivity (Wildman–Crippen MR) is 48.3 cm³/mol. The van der Waals surface area contributed by atoms with E-state index in [1.807, 2.05) is 0 Å². The summed E-state index contributed by atoms with van der Waals surface area (Å²) < 4.78 is 0. The van der Waals surface area contributed by atoms with E-state index in [9.17, 15) is 0 Å². The minimum atomic E-state index is 0.654. The number of alkyl halides is 1. The van der Waals surface area contributed by atoms with Crippen LogP contribution in [0.2, 0.25) is 0 Å². The van der Waals surface area contributed by atoms with E-state index in [0.29, 0.717) is 5.92 Å². The Hall–Kier alpha value is 0.290. The molecule has 0 nitrogen and oxygen atoms in total. The van der Waals surface area contributed by atoms with Crippen LogP contribution in [0.25, 0.3) is 0 Å². The molecule has 1 radical (unpaired) electrons. The fourth-order valence-electron chi connectivity index (χ4n) is 1.19. The molecule has 0 aliphatic rings. The third-order valence-electron chi connectivity index (χ3n) is 2.02. The molecule has 61 valence electrons. The van der Waals surface area contributed by atoms with Crippen LogP contribution in [0.5, 0.6) is 0 Å². The van der Waals surface area contributed by atoms with Crippen LogP contribution >= 0.6 is 11.6 Å². The van der Waals surface area contributed by atoms with Gasteiger partial charge >= 0.3 is 0 Å². The van der Waals surface area contributed by atoms with Crippen molar-refractivity contribution in [1.82, 2.24) is 0 Å². The van der Waals surface area contributed by atoms with Crippen LogP contribution in [0.4, 0.5) is 0 Å². The maximum atomic E-state index is 5.78. The standard InChI is InChI=1S/C9H18Cl/c1-4-6-8(3)9(5-2)7-10/h9H,4-7H2,1-3H3. The normalized spacial score (nSPS) is 14.1. The van der Waals surface area contributed by atoms with Crippen molar-refractivity contribution in [2.24, 2.45) is 5.92 Å². The van der Waals surface area contributed by atoms with E-state index in [2.05, 4.69) is 20.8 Å². The van der Waals surface area contributed by atoms with E-state index in [1.165, 1.54) is 19.3 Å². The van der Waals surface area contributed by atoms with Gasteiger partial charge in [0.25, 0.3) is 0 Å². The van der Waals surface area contributed by atoms with E-state index in [-0.39, 0.29) is 0 Å². The van der Waals surface area contributed by atoms with E-state index in [1.54, 1.807) is 5.92 Å². The van der Waals surface area contributed by atoms with Crippen LogP contribution in [-0.2, 0) is 0 Å². The van der Waals surface area contributed by atoms with Crippen molar-refractivity contribution in [3.63, 3.8) is 0 Å². The lowest BCUT2D eigenvalue weighted by Crippen LogP contribution is -2.09. The predicted octanol–water partition coefficient (Wildman–Crippen LogP) is 3.65. The molecule has 0 amide bonds. The SMILES string of the molecule is CCC[C](C)C(CC)CCl. The van der Waals surface area contributed by atoms with Gasteiger partial charge in [0, 0.05) is 5.88 Å². The first-order valence-corrected chi connectivity index (χ1v) is 4.67. The molecule has 0 aromatic heterocycles. The van der Waals surface area contributed by atoms with Gasteiger partial charge in [-0.3, -0.25) is 0 Å². The molecule has 0 fully saturated rings. The second kappa shape index (κ2) is 6.03. The zero-order chi connectivity index (χ0) is 7.98. The quantitative estimate of drug-likeness (QED) is 0.540. The molecule has 0 aromatic rings. The summed E-state index contributed by atoms with van der Waals surface area (Å²) in [5.41, 5.74) is 0. The molecular formula is C9H18Cl. The highest BCUT2D eigenvalue weighted by Crippen LogP contribution is 2.23. The Labute approximate surface area is 70.0 Å². The van der Waals surface area contributed by atoms with Crippen molar-refractivity contribution < 1.29 is 0 Å². The summed E-state index contributed by atoms with van der Waals surface area (Å²) in [5.74, 6) is 3.02. The second-order valence-electron chi connectivity index (χ2n) is 2.86. The lowest BCUT2D eigenvalue weighted by molar-refractivity contribution is 0.542. The molecule has 0 heterocycles. The van der Waals surface area contributed by atoms with Gasteiger partial charge in [-0.2, -0.15) is 0 Å². The maximum absolute atomic E-state index is 5.78. The first-order valence-electron chi connectivity index (χ1n) is 4.14. The highest BCUT2D eigenvalue weighted by atomic mass is 35.5. The highest BCUT2D eigenvalue weighted by Gasteiger charge is 2.12. The van der Waals surface area contributed by atoms with Crippen LogP contribution < -0.4 is 0 Å². The third kappa shape index (κ3) is 3.46. The van der Waals surface area contributed by atoms with E-state index >= 15 is 0 Å². The Morgan fingerprint density at radius 1 is 1.40 bits per heavy atom. The molecule has 0 bridgehead atoms. The molecule has 0 saturated carbocycles. The molecule has 0 saturated heterocycles. The van der Waals surface area contributed by atoms with Gasteiger partial charge in [-0.25, -0.2) is 0 Å². The molecule has 0 rings (SSSR count). The maximum Gasteiger partial charge on any atom is 0.0257 e. The van der Waals surface area contributed by atoms with Crippen molar-refractivity contribution in [3.8, 4) is 0 Å². The Morgan fingerprint density at radius 3 is 2.30 bits per heavy atom. The van der Waals surface area contributed by atoms with Crippen molar-refractivity contribution in [2.45, 2.75) is 40.0 Å². The molecule has 1 unspecified atom stereocenters. The zero-order valence-corrected chi connectivity index (χ0v) is 8.04. The minimum Gasteiger partial charge on any atom is -0.126 e. The van der Waals surface area contributed by atoms with Crippen molar-refractivity contribution >= 4 is 11.6 Å². The highest BCUT2D eigenvalue weighted by molar-refractivity contribution is 6.18. The Kier molecular flexibility index (Phi) is 6.20. The molecule has 0 N–H and O–H groups in total. The van der Waals surface area contributed by atoms with Gasteiger partial charge in [0.2, 0.25) is 0 Å². The first-order chi connectivity index (χ1) is 4.76. The first kappa shape index (κ1) is 10.3. The summed E-state index contributed by atoms with van der Waals surface area (Å²) >= 11 is 5.78. The van der Waals surface area contributed by atoms with Crippen LogP contribution in [-0.4, -0.2) is 5.88 Å². The van der Waals surface area contributed by atoms with E-state index in [4.69, 9.17) is 11.6 Å². The van der Waals surface area contributed by atoms with Crippen LogP contribution in [0.3, 0.4) is 0 Å². The van der Waals surface area contributed by atoms with Gasteiger partial charge in [0.15, 0.2) is 0 Å². The van der Waals surface area contributed by atoms with Crippen LogP contribution in [0, 0.1) is 11.8 Å². The molecule has 0 spiro atoms. The number of halogens is 1. The van der Waals surface area contributed by atoms with Gasteiger partial charge in [-0.05, 0) is 18.3 Å². The topological polar surface area (TPSA) is 0 Å². The lowest BCUT2D eigenvalue weighted by atomic mass is 9.90. The van der Waals surface area contributed by atoms with Crippen molar-refractivity contribution in [1.29, 1.82) is 0 Å². The molecule has 1 heteroatoms. The van der Waals surface area contributed by atoms with E-state index < -0.39 is 0 Å². The van der Waals surface area contributed by atoms with Crippen molar-refractivity contribution in [3.05, 3.63) is 5.92 Å².